The molecular weight excluding hydrogens is 464 g/mol. The van der Waals surface area contributed by atoms with Crippen LogP contribution in [0.3, 0.4) is 0 Å². The lowest BCUT2D eigenvalue weighted by atomic mass is 10.1. The fraction of sp³-hybridized carbons (Fsp3) is 0.222. The van der Waals surface area contributed by atoms with Gasteiger partial charge >= 0.3 is 0 Å². The van der Waals surface area contributed by atoms with E-state index in [1.165, 1.54) is 22.5 Å². The van der Waals surface area contributed by atoms with Crippen LogP contribution < -0.4 is 20.2 Å². The number of aryl methyl sites for hydroxylation is 2. The second kappa shape index (κ2) is 9.65. The molecule has 0 saturated carbocycles. The molecule has 2 aromatic carbocycles. The van der Waals surface area contributed by atoms with Crippen molar-refractivity contribution in [1.82, 2.24) is 0 Å². The van der Waals surface area contributed by atoms with Crippen molar-refractivity contribution in [2.24, 2.45) is 0 Å². The number of amides is 1. The molecule has 0 bridgehead atoms. The van der Waals surface area contributed by atoms with Crippen molar-refractivity contribution in [3.05, 3.63) is 80.5 Å². The monoisotopic (exact) mass is 486 g/mol. The molecule has 0 radical (unpaired) electrons. The van der Waals surface area contributed by atoms with Gasteiger partial charge in [0.1, 0.15) is 34.4 Å². The zero-order valence-corrected chi connectivity index (χ0v) is 19.9. The molecule has 2 heterocycles. The lowest BCUT2D eigenvalue weighted by molar-refractivity contribution is -0.118. The Morgan fingerprint density at radius 2 is 2.06 bits per heavy atom. The third-order valence-electron chi connectivity index (χ3n) is 5.94. The number of carbonyl (C=O) groups excluding carboxylic acids is 1. The van der Waals surface area contributed by atoms with Crippen LogP contribution in [0.4, 0.5) is 5.00 Å². The van der Waals surface area contributed by atoms with E-state index in [4.69, 9.17) is 13.9 Å². The highest BCUT2D eigenvalue weighted by molar-refractivity contribution is 7.16. The molecule has 7 nitrogen and oxygen atoms in total. The first-order valence-corrected chi connectivity index (χ1v) is 12.2. The maximum atomic E-state index is 12.9. The van der Waals surface area contributed by atoms with Crippen LogP contribution in [0.5, 0.6) is 17.2 Å². The van der Waals surface area contributed by atoms with E-state index < -0.39 is 0 Å². The lowest BCUT2D eigenvalue weighted by Crippen LogP contribution is -2.20. The number of hydrogen-bond acceptors (Lipinski definition) is 7. The summed E-state index contributed by atoms with van der Waals surface area (Å²) in [6.45, 7) is 1.78. The first-order valence-electron chi connectivity index (χ1n) is 11.4. The van der Waals surface area contributed by atoms with Crippen molar-refractivity contribution >= 4 is 33.2 Å². The van der Waals surface area contributed by atoms with E-state index in [9.17, 15) is 14.9 Å². The zero-order chi connectivity index (χ0) is 24.4. The van der Waals surface area contributed by atoms with Gasteiger partial charge in [0, 0.05) is 10.9 Å². The molecule has 1 amide bonds. The van der Waals surface area contributed by atoms with Gasteiger partial charge in [-0.1, -0.05) is 25.1 Å². The van der Waals surface area contributed by atoms with E-state index in [2.05, 4.69) is 11.4 Å². The smallest absolute Gasteiger partial charge is 0.262 e. The molecule has 35 heavy (non-hydrogen) atoms. The van der Waals surface area contributed by atoms with Crippen LogP contribution in [0.1, 0.15) is 34.9 Å². The molecule has 0 aliphatic heterocycles. The van der Waals surface area contributed by atoms with E-state index >= 15 is 0 Å². The van der Waals surface area contributed by atoms with Crippen molar-refractivity contribution in [3.8, 4) is 23.3 Å². The predicted octanol–water partition coefficient (Wildman–Crippen LogP) is 5.59. The van der Waals surface area contributed by atoms with Gasteiger partial charge in [-0.25, -0.2) is 0 Å². The second-order valence-electron chi connectivity index (χ2n) is 8.16. The highest BCUT2D eigenvalue weighted by Crippen LogP contribution is 2.38. The SMILES string of the molecule is CCc1ccccc1Oc1coc2cc(OCC(=O)Nc3sc4c(c3C#N)CCC4)ccc2c1=O. The van der Waals surface area contributed by atoms with E-state index in [0.29, 0.717) is 33.0 Å². The van der Waals surface area contributed by atoms with Crippen LogP contribution in [0.25, 0.3) is 11.0 Å². The molecule has 0 fully saturated rings. The highest BCUT2D eigenvalue weighted by Gasteiger charge is 2.23. The Bertz CT molecular complexity index is 1530. The molecule has 0 spiro atoms. The summed E-state index contributed by atoms with van der Waals surface area (Å²) in [7, 11) is 0. The van der Waals surface area contributed by atoms with Crippen molar-refractivity contribution in [2.75, 3.05) is 11.9 Å². The summed E-state index contributed by atoms with van der Waals surface area (Å²) in [4.78, 5) is 26.5. The van der Waals surface area contributed by atoms with Crippen molar-refractivity contribution in [2.45, 2.75) is 32.6 Å². The molecule has 1 aliphatic carbocycles. The van der Waals surface area contributed by atoms with Crippen LogP contribution in [0, 0.1) is 11.3 Å². The number of fused-ring (bicyclic) bond motifs is 2. The van der Waals surface area contributed by atoms with Gasteiger partial charge in [-0.05, 0) is 55.0 Å². The number of benzene rings is 2. The number of thiophene rings is 1. The number of hydrogen-bond donors (Lipinski definition) is 1. The minimum absolute atomic E-state index is 0.0996. The van der Waals surface area contributed by atoms with Gasteiger partial charge in [0.05, 0.1) is 10.9 Å². The first-order chi connectivity index (χ1) is 17.1. The summed E-state index contributed by atoms with van der Waals surface area (Å²) in [5.74, 6) is 0.738. The summed E-state index contributed by atoms with van der Waals surface area (Å²) in [6.07, 6.45) is 4.93. The summed E-state index contributed by atoms with van der Waals surface area (Å²) in [5.41, 5.74) is 2.63. The number of carbonyl (C=O) groups is 1. The van der Waals surface area contributed by atoms with Gasteiger partial charge in [-0.2, -0.15) is 5.26 Å². The number of rotatable bonds is 7. The van der Waals surface area contributed by atoms with Crippen molar-refractivity contribution in [3.63, 3.8) is 0 Å². The third kappa shape index (κ3) is 4.51. The lowest BCUT2D eigenvalue weighted by Gasteiger charge is -2.10. The number of nitriles is 1. The molecule has 8 heteroatoms. The number of anilines is 1. The van der Waals surface area contributed by atoms with Gasteiger partial charge in [-0.3, -0.25) is 9.59 Å². The summed E-state index contributed by atoms with van der Waals surface area (Å²) < 4.78 is 17.1. The number of ether oxygens (including phenoxy) is 2. The fourth-order valence-corrected chi connectivity index (χ4v) is 5.44. The molecule has 2 aromatic heterocycles. The predicted molar refractivity (Wildman–Crippen MR) is 134 cm³/mol. The van der Waals surface area contributed by atoms with Crippen LogP contribution in [0.15, 0.2) is 57.9 Å². The Balaban J connectivity index is 1.28. The van der Waals surface area contributed by atoms with Gasteiger partial charge in [-0.15, -0.1) is 11.3 Å². The molecule has 0 saturated heterocycles. The molecule has 5 rings (SSSR count). The fourth-order valence-electron chi connectivity index (χ4n) is 4.19. The summed E-state index contributed by atoms with van der Waals surface area (Å²) in [5, 5.41) is 13.2. The van der Waals surface area contributed by atoms with E-state index in [1.807, 2.05) is 31.2 Å². The normalized spacial score (nSPS) is 12.2. The third-order valence-corrected chi connectivity index (χ3v) is 7.15. The Kier molecular flexibility index (Phi) is 6.25. The molecule has 4 aromatic rings. The van der Waals surface area contributed by atoms with Crippen LogP contribution >= 0.6 is 11.3 Å². The minimum Gasteiger partial charge on any atom is -0.484 e. The number of nitrogens with one attached hydrogen (secondary N) is 1. The average molecular weight is 487 g/mol. The Labute approximate surface area is 205 Å². The first kappa shape index (κ1) is 22.7. The van der Waals surface area contributed by atoms with Gasteiger partial charge in [0.15, 0.2) is 6.61 Å². The Hall–Kier alpha value is -4.09. The van der Waals surface area contributed by atoms with Crippen LogP contribution in [-0.2, 0) is 24.1 Å². The van der Waals surface area contributed by atoms with E-state index in [-0.39, 0.29) is 23.7 Å². The largest absolute Gasteiger partial charge is 0.484 e. The molecule has 1 aliphatic rings. The topological polar surface area (TPSA) is 102 Å². The summed E-state index contributed by atoms with van der Waals surface area (Å²) >= 11 is 1.46. The van der Waals surface area contributed by atoms with Gasteiger partial charge in [0.25, 0.3) is 5.91 Å². The molecular formula is C27H22N2O5S. The van der Waals surface area contributed by atoms with Crippen LogP contribution in [-0.4, -0.2) is 12.5 Å². The van der Waals surface area contributed by atoms with Gasteiger partial charge in [0.2, 0.25) is 11.2 Å². The quantitative estimate of drug-likeness (QED) is 0.366. The standard InChI is InChI=1S/C27H22N2O5S/c1-2-16-6-3-4-8-21(16)34-23-14-33-22-12-17(10-11-19(22)26(23)31)32-15-25(30)29-27-20(13-28)18-7-5-9-24(18)35-27/h3-4,6,8,10-12,14H,2,5,7,9,15H2,1H3,(H,29,30). The van der Waals surface area contributed by atoms with Crippen molar-refractivity contribution < 1.29 is 18.7 Å². The maximum absolute atomic E-state index is 12.9. The average Bonchev–Trinajstić information content (AvgIpc) is 3.45. The zero-order valence-electron chi connectivity index (χ0n) is 19.1. The Morgan fingerprint density at radius 1 is 1.20 bits per heavy atom. The number of nitrogens with zero attached hydrogens (tertiary/aromatic N) is 1. The molecule has 0 unspecified atom stereocenters. The molecule has 1 N–H and O–H groups in total. The highest BCUT2D eigenvalue weighted by atomic mass is 32.1. The number of para-hydroxylation sites is 1. The second-order valence-corrected chi connectivity index (χ2v) is 9.27. The van der Waals surface area contributed by atoms with E-state index in [0.717, 1.165) is 36.8 Å². The van der Waals surface area contributed by atoms with Crippen LogP contribution in [0.2, 0.25) is 0 Å². The summed E-state index contributed by atoms with van der Waals surface area (Å²) in [6, 6.07) is 14.5. The molecule has 0 atom stereocenters. The maximum Gasteiger partial charge on any atom is 0.262 e. The van der Waals surface area contributed by atoms with E-state index in [1.54, 1.807) is 18.2 Å². The van der Waals surface area contributed by atoms with Gasteiger partial charge < -0.3 is 19.2 Å². The minimum atomic E-state index is -0.360. The van der Waals surface area contributed by atoms with Crippen molar-refractivity contribution in [1.29, 1.82) is 5.26 Å². The Morgan fingerprint density at radius 3 is 2.89 bits per heavy atom. The molecule has 176 valence electrons.